The van der Waals surface area contributed by atoms with E-state index in [-0.39, 0.29) is 32.2 Å². The summed E-state index contributed by atoms with van der Waals surface area (Å²) in [4.78, 5) is 13.0. The molecule has 0 fully saturated rings. The molecule has 3 rings (SSSR count). The van der Waals surface area contributed by atoms with Crippen LogP contribution in [0.3, 0.4) is 0 Å². The lowest BCUT2D eigenvalue weighted by molar-refractivity contribution is 0.0847. The molecule has 0 amide bonds. The van der Waals surface area contributed by atoms with Crippen molar-refractivity contribution in [2.75, 3.05) is 43.6 Å². The van der Waals surface area contributed by atoms with Crippen molar-refractivity contribution in [2.45, 2.75) is 5.54 Å². The molecule has 0 spiro atoms. The van der Waals surface area contributed by atoms with Gasteiger partial charge in [-0.15, -0.1) is 0 Å². The molecule has 0 saturated heterocycles. The van der Waals surface area contributed by atoms with Gasteiger partial charge in [0.05, 0.1) is 31.2 Å². The Labute approximate surface area is 151 Å². The van der Waals surface area contributed by atoms with Crippen molar-refractivity contribution in [1.82, 2.24) is 0 Å². The molecule has 0 bridgehead atoms. The van der Waals surface area contributed by atoms with Crippen LogP contribution in [-0.2, 0) is 0 Å². The Morgan fingerprint density at radius 1 is 1.12 bits per heavy atom. The third kappa shape index (κ3) is 3.37. The highest BCUT2D eigenvalue weighted by Gasteiger charge is 2.37. The van der Waals surface area contributed by atoms with E-state index >= 15 is 0 Å². The summed E-state index contributed by atoms with van der Waals surface area (Å²) < 4.78 is 5.80. The summed E-state index contributed by atoms with van der Waals surface area (Å²) in [5, 5.41) is 34.6. The van der Waals surface area contributed by atoms with Gasteiger partial charge in [-0.2, -0.15) is 0 Å². The molecule has 0 saturated carbocycles. The average Bonchev–Trinajstić information content (AvgIpc) is 2.71. The van der Waals surface area contributed by atoms with E-state index in [0.29, 0.717) is 34.8 Å². The molecule has 0 unspecified atom stereocenters. The van der Waals surface area contributed by atoms with E-state index in [1.807, 2.05) is 6.07 Å². The van der Waals surface area contributed by atoms with Gasteiger partial charge in [0, 0.05) is 17.7 Å². The fourth-order valence-corrected chi connectivity index (χ4v) is 2.85. The van der Waals surface area contributed by atoms with Gasteiger partial charge >= 0.3 is 0 Å². The molecule has 2 aromatic carbocycles. The minimum atomic E-state index is -1.08. The van der Waals surface area contributed by atoms with E-state index in [1.165, 1.54) is 0 Å². The van der Waals surface area contributed by atoms with Crippen molar-refractivity contribution in [3.8, 4) is 5.75 Å². The fourth-order valence-electron chi connectivity index (χ4n) is 2.85. The van der Waals surface area contributed by atoms with E-state index in [2.05, 4.69) is 10.6 Å². The first-order valence-electron chi connectivity index (χ1n) is 8.38. The number of nitrogens with one attached hydrogen (secondary N) is 2. The largest absolute Gasteiger partial charge is 0.487 e. The summed E-state index contributed by atoms with van der Waals surface area (Å²) in [5.74, 6) is 0.232. The number of benzene rings is 2. The third-order valence-electron chi connectivity index (χ3n) is 4.35. The van der Waals surface area contributed by atoms with Crippen molar-refractivity contribution < 1.29 is 24.9 Å². The Kier molecular flexibility index (Phi) is 5.41. The monoisotopic (exact) mass is 358 g/mol. The minimum Gasteiger partial charge on any atom is -0.487 e. The number of hydrogen-bond donors (Lipinski definition) is 5. The molecule has 1 aliphatic rings. The van der Waals surface area contributed by atoms with Crippen molar-refractivity contribution >= 4 is 17.2 Å². The minimum absolute atomic E-state index is 0.0454. The number of aliphatic hydroxyl groups is 3. The van der Waals surface area contributed by atoms with Crippen LogP contribution in [0.4, 0.5) is 11.4 Å². The molecule has 26 heavy (non-hydrogen) atoms. The summed E-state index contributed by atoms with van der Waals surface area (Å²) in [6.07, 6.45) is 0. The Bertz CT molecular complexity index is 775. The Balaban J connectivity index is 2.07. The summed E-state index contributed by atoms with van der Waals surface area (Å²) >= 11 is 0. The topological polar surface area (TPSA) is 111 Å². The van der Waals surface area contributed by atoms with E-state index < -0.39 is 5.54 Å². The van der Waals surface area contributed by atoms with Crippen molar-refractivity contribution in [3.05, 3.63) is 53.6 Å². The van der Waals surface area contributed by atoms with Crippen LogP contribution < -0.4 is 15.4 Å². The lowest BCUT2D eigenvalue weighted by Gasteiger charge is -2.38. The van der Waals surface area contributed by atoms with Gasteiger partial charge in [0.15, 0.2) is 11.5 Å². The molecule has 0 aromatic heterocycles. The zero-order chi connectivity index (χ0) is 18.6. The molecule has 2 aromatic rings. The van der Waals surface area contributed by atoms with Gasteiger partial charge in [0.1, 0.15) is 12.1 Å². The van der Waals surface area contributed by atoms with Crippen LogP contribution in [0.5, 0.6) is 5.75 Å². The second-order valence-electron chi connectivity index (χ2n) is 6.22. The van der Waals surface area contributed by atoms with Crippen molar-refractivity contribution in [3.63, 3.8) is 0 Å². The highest BCUT2D eigenvalue weighted by Crippen LogP contribution is 2.42. The average molecular weight is 358 g/mol. The van der Waals surface area contributed by atoms with Crippen LogP contribution >= 0.6 is 0 Å². The summed E-state index contributed by atoms with van der Waals surface area (Å²) in [5.41, 5.74) is 0.865. The zero-order valence-corrected chi connectivity index (χ0v) is 14.2. The van der Waals surface area contributed by atoms with Gasteiger partial charge in [0.25, 0.3) is 0 Å². The number of aliphatic hydroxyl groups excluding tert-OH is 3. The second kappa shape index (κ2) is 7.74. The van der Waals surface area contributed by atoms with E-state index in [1.54, 1.807) is 36.4 Å². The Hall–Kier alpha value is -2.61. The fraction of sp³-hybridized carbons (Fsp3) is 0.316. The molecule has 138 valence electrons. The van der Waals surface area contributed by atoms with Crippen LogP contribution in [0, 0.1) is 0 Å². The summed E-state index contributed by atoms with van der Waals surface area (Å²) in [6, 6.07) is 12.2. The van der Waals surface area contributed by atoms with Gasteiger partial charge in [-0.3, -0.25) is 4.79 Å². The lowest BCUT2D eigenvalue weighted by Crippen LogP contribution is -2.53. The molecule has 1 aliphatic heterocycles. The number of ketones is 1. The van der Waals surface area contributed by atoms with E-state index in [4.69, 9.17) is 9.84 Å². The second-order valence-corrected chi connectivity index (χ2v) is 6.22. The van der Waals surface area contributed by atoms with Crippen LogP contribution in [0.25, 0.3) is 0 Å². The number of hydrogen-bond acceptors (Lipinski definition) is 7. The van der Waals surface area contributed by atoms with Crippen LogP contribution in [-0.4, -0.2) is 59.6 Å². The van der Waals surface area contributed by atoms with E-state index in [0.717, 1.165) is 0 Å². The van der Waals surface area contributed by atoms with Gasteiger partial charge in [-0.25, -0.2) is 0 Å². The maximum atomic E-state index is 13.0. The quantitative estimate of drug-likeness (QED) is 0.467. The SMILES string of the molecule is O=C(c1ccccc1)c1ccc(NCCO)c2c1NC(CO)(CO)CO2. The molecule has 0 atom stereocenters. The molecule has 0 aliphatic carbocycles. The Morgan fingerprint density at radius 2 is 1.85 bits per heavy atom. The van der Waals surface area contributed by atoms with Gasteiger partial charge in [-0.05, 0) is 12.1 Å². The predicted octanol–water partition coefficient (Wildman–Crippen LogP) is 0.849. The first-order chi connectivity index (χ1) is 12.6. The standard InChI is InChI=1S/C19H22N2O5/c22-9-8-20-15-7-6-14(17(25)13-4-2-1-3-5-13)16-18(15)26-12-19(10-23,11-24)21-16/h1-7,20-24H,8-12H2. The van der Waals surface area contributed by atoms with Crippen LogP contribution in [0.2, 0.25) is 0 Å². The van der Waals surface area contributed by atoms with Gasteiger partial charge in [-0.1, -0.05) is 30.3 Å². The maximum absolute atomic E-state index is 13.0. The molecule has 7 heteroatoms. The number of ether oxygens (including phenoxy) is 1. The van der Waals surface area contributed by atoms with Crippen LogP contribution in [0.15, 0.2) is 42.5 Å². The van der Waals surface area contributed by atoms with Crippen molar-refractivity contribution in [2.24, 2.45) is 0 Å². The maximum Gasteiger partial charge on any atom is 0.195 e. The summed E-state index contributed by atoms with van der Waals surface area (Å²) in [6.45, 7) is -0.382. The van der Waals surface area contributed by atoms with Gasteiger partial charge < -0.3 is 30.7 Å². The molecule has 7 nitrogen and oxygen atoms in total. The first-order valence-corrected chi connectivity index (χ1v) is 8.38. The first kappa shape index (κ1) is 18.2. The third-order valence-corrected chi connectivity index (χ3v) is 4.35. The molecule has 0 radical (unpaired) electrons. The van der Waals surface area contributed by atoms with Crippen LogP contribution in [0.1, 0.15) is 15.9 Å². The Morgan fingerprint density at radius 3 is 2.50 bits per heavy atom. The molecular weight excluding hydrogens is 336 g/mol. The predicted molar refractivity (Wildman–Crippen MR) is 97.9 cm³/mol. The number of fused-ring (bicyclic) bond motifs is 1. The number of rotatable bonds is 7. The molecule has 1 heterocycles. The van der Waals surface area contributed by atoms with Crippen molar-refractivity contribution in [1.29, 1.82) is 0 Å². The lowest BCUT2D eigenvalue weighted by atomic mass is 9.95. The number of carbonyl (C=O) groups excluding carboxylic acids is 1. The van der Waals surface area contributed by atoms with E-state index in [9.17, 15) is 15.0 Å². The number of anilines is 2. The zero-order valence-electron chi connectivity index (χ0n) is 14.2. The molecule has 5 N–H and O–H groups in total. The number of carbonyl (C=O) groups is 1. The van der Waals surface area contributed by atoms with Gasteiger partial charge in [0.2, 0.25) is 0 Å². The highest BCUT2D eigenvalue weighted by atomic mass is 16.5. The summed E-state index contributed by atoms with van der Waals surface area (Å²) in [7, 11) is 0. The highest BCUT2D eigenvalue weighted by molar-refractivity contribution is 6.13. The molecular formula is C19H22N2O5. The smallest absolute Gasteiger partial charge is 0.195 e. The normalized spacial score (nSPS) is 14.7.